The summed E-state index contributed by atoms with van der Waals surface area (Å²) in [4.78, 5) is 14.2. The van der Waals surface area contributed by atoms with Crippen molar-refractivity contribution in [2.75, 3.05) is 13.1 Å². The Morgan fingerprint density at radius 2 is 2.44 bits per heavy atom. The first kappa shape index (κ1) is 13.6. The van der Waals surface area contributed by atoms with Gasteiger partial charge >= 0.3 is 0 Å². The van der Waals surface area contributed by atoms with E-state index in [0.717, 1.165) is 25.8 Å². The summed E-state index contributed by atoms with van der Waals surface area (Å²) < 4.78 is 0. The third-order valence-electron chi connectivity index (χ3n) is 3.78. The summed E-state index contributed by atoms with van der Waals surface area (Å²) in [5.74, 6) is 0.961. The van der Waals surface area contributed by atoms with Gasteiger partial charge < -0.3 is 10.6 Å². The Bertz CT molecular complexity index is 377. The number of hydrogen-bond donors (Lipinski definition) is 1. The zero-order chi connectivity index (χ0) is 13.0. The summed E-state index contributed by atoms with van der Waals surface area (Å²) in [6, 6.07) is 2.35. The normalized spacial score (nSPS) is 24.2. The molecular weight excluding hydrogens is 244 g/mol. The standard InChI is InChI=1S/C14H22N2OS/c1-11-4-6-16(13(8-11)9-15)14(17)3-2-12-5-7-18-10-12/h5,7,10-11,13H,2-4,6,8-9,15H2,1H3. The molecule has 1 aromatic heterocycles. The summed E-state index contributed by atoms with van der Waals surface area (Å²) in [5, 5.41) is 4.18. The molecule has 1 amide bonds. The maximum Gasteiger partial charge on any atom is 0.223 e. The van der Waals surface area contributed by atoms with E-state index in [1.54, 1.807) is 11.3 Å². The molecule has 0 bridgehead atoms. The Morgan fingerprint density at radius 3 is 3.11 bits per heavy atom. The third-order valence-corrected chi connectivity index (χ3v) is 4.51. The number of carbonyl (C=O) groups excluding carboxylic acids is 1. The average Bonchev–Trinajstić information content (AvgIpc) is 2.88. The van der Waals surface area contributed by atoms with Gasteiger partial charge in [0.1, 0.15) is 0 Å². The number of thiophene rings is 1. The van der Waals surface area contributed by atoms with E-state index in [0.29, 0.717) is 18.9 Å². The lowest BCUT2D eigenvalue weighted by Gasteiger charge is -2.38. The molecule has 4 heteroatoms. The van der Waals surface area contributed by atoms with Gasteiger partial charge in [-0.2, -0.15) is 11.3 Å². The van der Waals surface area contributed by atoms with Crippen LogP contribution in [0.1, 0.15) is 31.7 Å². The molecule has 18 heavy (non-hydrogen) atoms. The second-order valence-electron chi connectivity index (χ2n) is 5.24. The number of aryl methyl sites for hydroxylation is 1. The molecule has 2 rings (SSSR count). The lowest BCUT2D eigenvalue weighted by atomic mass is 9.92. The van der Waals surface area contributed by atoms with E-state index in [2.05, 4.69) is 23.8 Å². The maximum atomic E-state index is 12.2. The highest BCUT2D eigenvalue weighted by atomic mass is 32.1. The molecular formula is C14H22N2OS. The molecule has 0 saturated carbocycles. The Kier molecular flexibility index (Phi) is 4.78. The first-order chi connectivity index (χ1) is 8.70. The summed E-state index contributed by atoms with van der Waals surface area (Å²) in [7, 11) is 0. The van der Waals surface area contributed by atoms with Crippen LogP contribution in [-0.2, 0) is 11.2 Å². The molecule has 1 saturated heterocycles. The number of hydrogen-bond acceptors (Lipinski definition) is 3. The maximum absolute atomic E-state index is 12.2. The van der Waals surface area contributed by atoms with E-state index in [1.807, 2.05) is 4.90 Å². The van der Waals surface area contributed by atoms with Crippen LogP contribution in [0.3, 0.4) is 0 Å². The topological polar surface area (TPSA) is 46.3 Å². The molecule has 2 atom stereocenters. The van der Waals surface area contributed by atoms with Gasteiger partial charge in [-0.1, -0.05) is 6.92 Å². The highest BCUT2D eigenvalue weighted by molar-refractivity contribution is 7.07. The summed E-state index contributed by atoms with van der Waals surface area (Å²) in [5.41, 5.74) is 7.06. The third kappa shape index (κ3) is 3.33. The number of rotatable bonds is 4. The van der Waals surface area contributed by atoms with E-state index in [9.17, 15) is 4.79 Å². The van der Waals surface area contributed by atoms with E-state index >= 15 is 0 Å². The second kappa shape index (κ2) is 6.34. The molecule has 0 radical (unpaired) electrons. The highest BCUT2D eigenvalue weighted by Gasteiger charge is 2.28. The number of nitrogens with zero attached hydrogens (tertiary/aromatic N) is 1. The molecule has 0 aromatic carbocycles. The van der Waals surface area contributed by atoms with Gasteiger partial charge in [0.15, 0.2) is 0 Å². The Hall–Kier alpha value is -0.870. The first-order valence-electron chi connectivity index (χ1n) is 6.71. The van der Waals surface area contributed by atoms with E-state index in [-0.39, 0.29) is 11.9 Å². The summed E-state index contributed by atoms with van der Waals surface area (Å²) >= 11 is 1.69. The first-order valence-corrected chi connectivity index (χ1v) is 7.65. The van der Waals surface area contributed by atoms with Crippen molar-refractivity contribution >= 4 is 17.2 Å². The van der Waals surface area contributed by atoms with Crippen molar-refractivity contribution < 1.29 is 4.79 Å². The largest absolute Gasteiger partial charge is 0.338 e. The fraction of sp³-hybridized carbons (Fsp3) is 0.643. The molecule has 2 N–H and O–H groups in total. The Balaban J connectivity index is 1.87. The minimum atomic E-state index is 0.253. The van der Waals surface area contributed by atoms with Crippen LogP contribution in [0.25, 0.3) is 0 Å². The van der Waals surface area contributed by atoms with Crippen molar-refractivity contribution in [2.24, 2.45) is 11.7 Å². The molecule has 1 fully saturated rings. The second-order valence-corrected chi connectivity index (χ2v) is 6.02. The molecule has 3 nitrogen and oxygen atoms in total. The van der Waals surface area contributed by atoms with Crippen molar-refractivity contribution in [1.29, 1.82) is 0 Å². The van der Waals surface area contributed by atoms with Crippen molar-refractivity contribution in [3.05, 3.63) is 22.4 Å². The van der Waals surface area contributed by atoms with Gasteiger partial charge in [-0.15, -0.1) is 0 Å². The van der Waals surface area contributed by atoms with Gasteiger partial charge in [-0.05, 0) is 47.6 Å². The fourth-order valence-corrected chi connectivity index (χ4v) is 3.34. The minimum absolute atomic E-state index is 0.253. The molecule has 2 heterocycles. The average molecular weight is 266 g/mol. The SMILES string of the molecule is CC1CCN(C(=O)CCc2ccsc2)C(CN)C1. The van der Waals surface area contributed by atoms with Gasteiger partial charge in [0.2, 0.25) is 5.91 Å². The van der Waals surface area contributed by atoms with Crippen LogP contribution < -0.4 is 5.73 Å². The predicted molar refractivity (Wildman–Crippen MR) is 75.6 cm³/mol. The van der Waals surface area contributed by atoms with Gasteiger partial charge in [0, 0.05) is 25.6 Å². The number of likely N-dealkylation sites (tertiary alicyclic amines) is 1. The zero-order valence-electron chi connectivity index (χ0n) is 11.0. The molecule has 1 aliphatic rings. The van der Waals surface area contributed by atoms with E-state index < -0.39 is 0 Å². The molecule has 0 aliphatic carbocycles. The van der Waals surface area contributed by atoms with Crippen LogP contribution in [0.15, 0.2) is 16.8 Å². The molecule has 1 aromatic rings. The van der Waals surface area contributed by atoms with Gasteiger partial charge in [0.05, 0.1) is 0 Å². The molecule has 0 spiro atoms. The number of amides is 1. The van der Waals surface area contributed by atoms with Crippen molar-refractivity contribution in [3.8, 4) is 0 Å². The van der Waals surface area contributed by atoms with Crippen molar-refractivity contribution in [1.82, 2.24) is 4.90 Å². The van der Waals surface area contributed by atoms with E-state index in [1.165, 1.54) is 5.56 Å². The van der Waals surface area contributed by atoms with Crippen LogP contribution in [0.2, 0.25) is 0 Å². The van der Waals surface area contributed by atoms with Gasteiger partial charge in [0.25, 0.3) is 0 Å². The van der Waals surface area contributed by atoms with Gasteiger partial charge in [-0.3, -0.25) is 4.79 Å². The van der Waals surface area contributed by atoms with Crippen LogP contribution in [0.5, 0.6) is 0 Å². The van der Waals surface area contributed by atoms with Crippen LogP contribution in [0.4, 0.5) is 0 Å². The Morgan fingerprint density at radius 1 is 1.61 bits per heavy atom. The zero-order valence-corrected chi connectivity index (χ0v) is 11.8. The van der Waals surface area contributed by atoms with E-state index in [4.69, 9.17) is 5.73 Å². The molecule has 100 valence electrons. The minimum Gasteiger partial charge on any atom is -0.338 e. The monoisotopic (exact) mass is 266 g/mol. The van der Waals surface area contributed by atoms with Crippen LogP contribution in [0, 0.1) is 5.92 Å². The fourth-order valence-electron chi connectivity index (χ4n) is 2.63. The summed E-state index contributed by atoms with van der Waals surface area (Å²) in [6.45, 7) is 3.72. The lowest BCUT2D eigenvalue weighted by molar-refractivity contribution is -0.135. The number of piperidine rings is 1. The smallest absolute Gasteiger partial charge is 0.223 e. The van der Waals surface area contributed by atoms with Crippen molar-refractivity contribution in [2.45, 2.75) is 38.6 Å². The quantitative estimate of drug-likeness (QED) is 0.908. The highest BCUT2D eigenvalue weighted by Crippen LogP contribution is 2.23. The van der Waals surface area contributed by atoms with Crippen molar-refractivity contribution in [3.63, 3.8) is 0 Å². The number of nitrogens with two attached hydrogens (primary N) is 1. The lowest BCUT2D eigenvalue weighted by Crippen LogP contribution is -2.49. The molecule has 2 unspecified atom stereocenters. The van der Waals surface area contributed by atoms with Gasteiger partial charge in [-0.25, -0.2) is 0 Å². The summed E-state index contributed by atoms with van der Waals surface area (Å²) in [6.07, 6.45) is 3.63. The number of carbonyl (C=O) groups is 1. The van der Waals surface area contributed by atoms with Crippen LogP contribution in [-0.4, -0.2) is 29.9 Å². The Labute approximate surface area is 113 Å². The predicted octanol–water partition coefficient (Wildman–Crippen LogP) is 2.27. The van der Waals surface area contributed by atoms with Crippen LogP contribution >= 0.6 is 11.3 Å². The molecule has 1 aliphatic heterocycles.